The van der Waals surface area contributed by atoms with Gasteiger partial charge in [-0.1, -0.05) is 0 Å². The van der Waals surface area contributed by atoms with Gasteiger partial charge < -0.3 is 5.11 Å². The summed E-state index contributed by atoms with van der Waals surface area (Å²) in [6.07, 6.45) is 0.837. The number of benzene rings is 1. The van der Waals surface area contributed by atoms with Crippen molar-refractivity contribution >= 4 is 25.8 Å². The zero-order chi connectivity index (χ0) is 15.7. The summed E-state index contributed by atoms with van der Waals surface area (Å²) in [5.41, 5.74) is 0. The molecule has 0 fully saturated rings. The second-order valence-corrected chi connectivity index (χ2v) is 7.74. The molecular formula is C10H12FNO6S2. The molecule has 2 N–H and O–H groups in total. The van der Waals surface area contributed by atoms with E-state index in [2.05, 4.69) is 0 Å². The Hall–Kier alpha value is -1.52. The van der Waals surface area contributed by atoms with Crippen molar-refractivity contribution < 1.29 is 31.1 Å². The number of rotatable bonds is 5. The summed E-state index contributed by atoms with van der Waals surface area (Å²) in [4.78, 5) is 9.29. The van der Waals surface area contributed by atoms with Crippen LogP contribution < -0.4 is 4.72 Å². The highest BCUT2D eigenvalue weighted by atomic mass is 32.2. The molecule has 0 aliphatic rings. The Morgan fingerprint density at radius 3 is 2.30 bits per heavy atom. The van der Waals surface area contributed by atoms with Crippen LogP contribution in [-0.4, -0.2) is 40.2 Å². The van der Waals surface area contributed by atoms with Crippen molar-refractivity contribution in [2.75, 3.05) is 6.26 Å². The lowest BCUT2D eigenvalue weighted by molar-refractivity contribution is -0.138. The van der Waals surface area contributed by atoms with Gasteiger partial charge in [0.2, 0.25) is 10.0 Å². The number of hydrogen-bond donors (Lipinski definition) is 2. The molecule has 7 nitrogen and oxygen atoms in total. The Kier molecular flexibility index (Phi) is 4.52. The molecule has 0 unspecified atom stereocenters. The predicted octanol–water partition coefficient (Wildman–Crippen LogP) is -0.0194. The van der Waals surface area contributed by atoms with Gasteiger partial charge in [-0.25, -0.2) is 21.2 Å². The van der Waals surface area contributed by atoms with E-state index in [4.69, 9.17) is 5.11 Å². The lowest BCUT2D eigenvalue weighted by atomic mass is 10.3. The van der Waals surface area contributed by atoms with Gasteiger partial charge in [-0.15, -0.1) is 0 Å². The Bertz CT molecular complexity index is 741. The van der Waals surface area contributed by atoms with Crippen LogP contribution in [0.1, 0.15) is 6.92 Å². The average molecular weight is 325 g/mol. The van der Waals surface area contributed by atoms with Crippen LogP contribution in [0, 0.1) is 5.82 Å². The highest BCUT2D eigenvalue weighted by Gasteiger charge is 2.25. The van der Waals surface area contributed by atoms with Crippen LogP contribution in [0.15, 0.2) is 28.0 Å². The van der Waals surface area contributed by atoms with Crippen LogP contribution >= 0.6 is 0 Å². The molecule has 0 aliphatic carbocycles. The number of nitrogens with one attached hydrogen (secondary N) is 1. The molecule has 0 aliphatic heterocycles. The first-order chi connectivity index (χ1) is 8.95. The fourth-order valence-corrected chi connectivity index (χ4v) is 3.29. The monoisotopic (exact) mass is 325 g/mol. The second-order valence-electron chi connectivity index (χ2n) is 4.05. The van der Waals surface area contributed by atoms with Crippen molar-refractivity contribution in [2.24, 2.45) is 0 Å². The molecule has 10 heteroatoms. The second kappa shape index (κ2) is 5.46. The molecule has 1 atom stereocenters. The molecule has 1 aromatic rings. The van der Waals surface area contributed by atoms with E-state index >= 15 is 0 Å². The number of hydrogen-bond acceptors (Lipinski definition) is 5. The van der Waals surface area contributed by atoms with Gasteiger partial charge in [-0.2, -0.15) is 4.72 Å². The summed E-state index contributed by atoms with van der Waals surface area (Å²) < 4.78 is 61.6. The minimum Gasteiger partial charge on any atom is -0.480 e. The standard InChI is InChI=1S/C10H12FNO6S2/c1-6(10(13)14)12-20(17,18)9-5-7(19(2,15)16)3-4-8(9)11/h3-6,12H,1-2H3,(H,13,14)/t6-/m0/s1. The third-order valence-corrected chi connectivity index (χ3v) is 4.99. The molecule has 1 aromatic carbocycles. The van der Waals surface area contributed by atoms with E-state index in [9.17, 15) is 26.0 Å². The van der Waals surface area contributed by atoms with E-state index in [-0.39, 0.29) is 4.90 Å². The SMILES string of the molecule is C[C@H](NS(=O)(=O)c1cc(S(C)(=O)=O)ccc1F)C(=O)O. The molecule has 0 amide bonds. The number of carboxylic acids is 1. The summed E-state index contributed by atoms with van der Waals surface area (Å²) in [6.45, 7) is 1.05. The molecule has 1 rings (SSSR count). The van der Waals surface area contributed by atoms with Crippen LogP contribution in [-0.2, 0) is 24.7 Å². The molecular weight excluding hydrogens is 313 g/mol. The molecule has 0 saturated heterocycles. The van der Waals surface area contributed by atoms with Gasteiger partial charge in [0.05, 0.1) is 4.90 Å². The highest BCUT2D eigenvalue weighted by Crippen LogP contribution is 2.19. The maximum Gasteiger partial charge on any atom is 0.321 e. The molecule has 0 spiro atoms. The number of carboxylic acid groups (broad SMARTS) is 1. The normalized spacial score (nSPS) is 13.9. The van der Waals surface area contributed by atoms with Crippen molar-refractivity contribution in [3.8, 4) is 0 Å². The van der Waals surface area contributed by atoms with Gasteiger partial charge in [0.25, 0.3) is 0 Å². The summed E-state index contributed by atoms with van der Waals surface area (Å²) in [5.74, 6) is -2.63. The van der Waals surface area contributed by atoms with Crippen molar-refractivity contribution in [3.63, 3.8) is 0 Å². The number of halogens is 1. The third kappa shape index (κ3) is 3.74. The molecule has 112 valence electrons. The van der Waals surface area contributed by atoms with Crippen LogP contribution in [0.5, 0.6) is 0 Å². The van der Waals surface area contributed by atoms with Crippen LogP contribution in [0.3, 0.4) is 0 Å². The zero-order valence-electron chi connectivity index (χ0n) is 10.5. The summed E-state index contributed by atoms with van der Waals surface area (Å²) in [7, 11) is -8.21. The first kappa shape index (κ1) is 16.5. The number of aliphatic carboxylic acids is 1. The topological polar surface area (TPSA) is 118 Å². The average Bonchev–Trinajstić information content (AvgIpc) is 2.26. The maximum atomic E-state index is 13.5. The quantitative estimate of drug-likeness (QED) is 0.735. The summed E-state index contributed by atoms with van der Waals surface area (Å²) in [5, 5.41) is 8.63. The third-order valence-electron chi connectivity index (χ3n) is 2.32. The number of carbonyl (C=O) groups is 1. The molecule has 0 aromatic heterocycles. The van der Waals surface area contributed by atoms with E-state index in [1.165, 1.54) is 0 Å². The summed E-state index contributed by atoms with van der Waals surface area (Å²) in [6, 6.07) is 0.767. The number of sulfonamides is 1. The van der Waals surface area contributed by atoms with E-state index < -0.39 is 42.6 Å². The fourth-order valence-electron chi connectivity index (χ4n) is 1.27. The van der Waals surface area contributed by atoms with E-state index in [1.807, 2.05) is 0 Å². The van der Waals surface area contributed by atoms with Gasteiger partial charge in [0.1, 0.15) is 16.8 Å². The van der Waals surface area contributed by atoms with Gasteiger partial charge in [-0.05, 0) is 25.1 Å². The minimum absolute atomic E-state index is 0.387. The number of sulfone groups is 1. The lowest BCUT2D eigenvalue weighted by Gasteiger charge is -2.11. The lowest BCUT2D eigenvalue weighted by Crippen LogP contribution is -2.38. The van der Waals surface area contributed by atoms with Gasteiger partial charge in [0, 0.05) is 6.26 Å². The highest BCUT2D eigenvalue weighted by molar-refractivity contribution is 7.91. The first-order valence-corrected chi connectivity index (χ1v) is 8.57. The van der Waals surface area contributed by atoms with E-state index in [0.717, 1.165) is 19.2 Å². The predicted molar refractivity (Wildman–Crippen MR) is 66.9 cm³/mol. The maximum absolute atomic E-state index is 13.5. The van der Waals surface area contributed by atoms with Crippen molar-refractivity contribution in [2.45, 2.75) is 22.8 Å². The van der Waals surface area contributed by atoms with E-state index in [1.54, 1.807) is 4.72 Å². The molecule has 0 bridgehead atoms. The Balaban J connectivity index is 3.35. The zero-order valence-corrected chi connectivity index (χ0v) is 12.1. The van der Waals surface area contributed by atoms with Crippen molar-refractivity contribution in [1.29, 1.82) is 0 Å². The van der Waals surface area contributed by atoms with Crippen molar-refractivity contribution in [3.05, 3.63) is 24.0 Å². The first-order valence-electron chi connectivity index (χ1n) is 5.20. The van der Waals surface area contributed by atoms with Crippen LogP contribution in [0.4, 0.5) is 4.39 Å². The van der Waals surface area contributed by atoms with Crippen LogP contribution in [0.2, 0.25) is 0 Å². The largest absolute Gasteiger partial charge is 0.480 e. The smallest absolute Gasteiger partial charge is 0.321 e. The van der Waals surface area contributed by atoms with Crippen LogP contribution in [0.25, 0.3) is 0 Å². The molecule has 20 heavy (non-hydrogen) atoms. The van der Waals surface area contributed by atoms with E-state index in [0.29, 0.717) is 12.1 Å². The van der Waals surface area contributed by atoms with Gasteiger partial charge >= 0.3 is 5.97 Å². The Labute approximate surface area is 115 Å². The fraction of sp³-hybridized carbons (Fsp3) is 0.300. The molecule has 0 radical (unpaired) electrons. The van der Waals surface area contributed by atoms with Gasteiger partial charge in [0.15, 0.2) is 9.84 Å². The molecule has 0 saturated carbocycles. The van der Waals surface area contributed by atoms with Gasteiger partial charge in [-0.3, -0.25) is 4.79 Å². The minimum atomic E-state index is -4.49. The van der Waals surface area contributed by atoms with Crippen molar-refractivity contribution in [1.82, 2.24) is 4.72 Å². The summed E-state index contributed by atoms with van der Waals surface area (Å²) >= 11 is 0. The Morgan fingerprint density at radius 1 is 1.30 bits per heavy atom. The Morgan fingerprint density at radius 2 is 1.85 bits per heavy atom. The molecule has 0 heterocycles.